The lowest BCUT2D eigenvalue weighted by Crippen LogP contribution is -2.09. The SMILES string of the molecule is C=C(C)/C=C\C(=C)C1=CNCC=C1. The second-order valence-corrected chi connectivity index (χ2v) is 3.12. The lowest BCUT2D eigenvalue weighted by atomic mass is 10.1. The molecule has 1 heterocycles. The Balaban J connectivity index is 2.62. The van der Waals surface area contributed by atoms with Crippen LogP contribution in [0.1, 0.15) is 6.92 Å². The van der Waals surface area contributed by atoms with E-state index < -0.39 is 0 Å². The maximum Gasteiger partial charge on any atom is 0.0328 e. The van der Waals surface area contributed by atoms with Crippen LogP contribution in [-0.4, -0.2) is 6.54 Å². The number of nitrogens with one attached hydrogen (secondary N) is 1. The molecule has 0 aromatic rings. The van der Waals surface area contributed by atoms with Crippen LogP contribution in [0.25, 0.3) is 0 Å². The largest absolute Gasteiger partial charge is 0.387 e. The molecule has 0 atom stereocenters. The van der Waals surface area contributed by atoms with E-state index in [1.807, 2.05) is 25.3 Å². The Morgan fingerprint density at radius 1 is 1.46 bits per heavy atom. The molecule has 1 heteroatoms. The Morgan fingerprint density at radius 3 is 2.77 bits per heavy atom. The summed E-state index contributed by atoms with van der Waals surface area (Å²) in [6, 6.07) is 0. The number of rotatable bonds is 3. The van der Waals surface area contributed by atoms with E-state index in [-0.39, 0.29) is 0 Å². The van der Waals surface area contributed by atoms with Gasteiger partial charge in [0.15, 0.2) is 0 Å². The maximum atomic E-state index is 3.96. The van der Waals surface area contributed by atoms with Crippen LogP contribution in [0, 0.1) is 0 Å². The van der Waals surface area contributed by atoms with Crippen molar-refractivity contribution in [3.63, 3.8) is 0 Å². The molecule has 0 radical (unpaired) electrons. The summed E-state index contributed by atoms with van der Waals surface area (Å²) >= 11 is 0. The van der Waals surface area contributed by atoms with Crippen molar-refractivity contribution in [1.82, 2.24) is 5.32 Å². The molecule has 0 aromatic carbocycles. The third-order valence-corrected chi connectivity index (χ3v) is 1.73. The lowest BCUT2D eigenvalue weighted by molar-refractivity contribution is 0.959. The standard InChI is InChI=1S/C12H15N/c1-10(2)6-7-11(3)12-5-4-8-13-9-12/h4-7,9,13H,1,3,8H2,2H3/b7-6-. The Bertz CT molecular complexity index is 303. The summed E-state index contributed by atoms with van der Waals surface area (Å²) < 4.78 is 0. The zero-order chi connectivity index (χ0) is 9.68. The molecular formula is C12H15N. The molecule has 13 heavy (non-hydrogen) atoms. The van der Waals surface area contributed by atoms with Gasteiger partial charge in [-0.05, 0) is 18.1 Å². The highest BCUT2D eigenvalue weighted by molar-refractivity contribution is 5.46. The molecule has 0 spiro atoms. The summed E-state index contributed by atoms with van der Waals surface area (Å²) in [5, 5.41) is 3.14. The minimum Gasteiger partial charge on any atom is -0.387 e. The van der Waals surface area contributed by atoms with Crippen LogP contribution in [0.15, 0.2) is 60.4 Å². The van der Waals surface area contributed by atoms with Crippen molar-refractivity contribution < 1.29 is 0 Å². The normalized spacial score (nSPS) is 15.3. The molecule has 0 aromatic heterocycles. The van der Waals surface area contributed by atoms with Crippen molar-refractivity contribution in [2.75, 3.05) is 6.54 Å². The zero-order valence-electron chi connectivity index (χ0n) is 8.01. The van der Waals surface area contributed by atoms with Crippen molar-refractivity contribution in [3.05, 3.63) is 60.4 Å². The van der Waals surface area contributed by atoms with Crippen molar-refractivity contribution in [2.24, 2.45) is 0 Å². The average molecular weight is 173 g/mol. The molecule has 0 saturated heterocycles. The van der Waals surface area contributed by atoms with Gasteiger partial charge in [-0.15, -0.1) is 0 Å². The summed E-state index contributed by atoms with van der Waals surface area (Å²) in [6.45, 7) is 10.6. The van der Waals surface area contributed by atoms with Crippen molar-refractivity contribution in [2.45, 2.75) is 6.92 Å². The number of dihydropyridines is 1. The summed E-state index contributed by atoms with van der Waals surface area (Å²) in [4.78, 5) is 0. The summed E-state index contributed by atoms with van der Waals surface area (Å²) in [7, 11) is 0. The predicted molar refractivity (Wildman–Crippen MR) is 58.3 cm³/mol. The van der Waals surface area contributed by atoms with Gasteiger partial charge >= 0.3 is 0 Å². The Hall–Kier alpha value is -1.50. The third kappa shape index (κ3) is 3.16. The topological polar surface area (TPSA) is 12.0 Å². The highest BCUT2D eigenvalue weighted by Gasteiger charge is 1.97. The van der Waals surface area contributed by atoms with Crippen LogP contribution in [0.5, 0.6) is 0 Å². The number of hydrogen-bond donors (Lipinski definition) is 1. The van der Waals surface area contributed by atoms with Gasteiger partial charge in [-0.1, -0.05) is 43.0 Å². The van der Waals surface area contributed by atoms with Crippen LogP contribution in [0.3, 0.4) is 0 Å². The Labute approximate surface area is 79.8 Å². The first-order chi connectivity index (χ1) is 6.20. The molecule has 1 aliphatic heterocycles. The predicted octanol–water partition coefficient (Wildman–Crippen LogP) is 2.72. The molecule has 0 saturated carbocycles. The van der Waals surface area contributed by atoms with Gasteiger partial charge in [-0.3, -0.25) is 0 Å². The van der Waals surface area contributed by atoms with Crippen LogP contribution in [0.2, 0.25) is 0 Å². The minimum atomic E-state index is 0.904. The zero-order valence-corrected chi connectivity index (χ0v) is 8.01. The van der Waals surface area contributed by atoms with E-state index in [1.54, 1.807) is 0 Å². The van der Waals surface area contributed by atoms with Crippen LogP contribution in [-0.2, 0) is 0 Å². The fourth-order valence-corrected chi connectivity index (χ4v) is 1.01. The van der Waals surface area contributed by atoms with E-state index in [9.17, 15) is 0 Å². The quantitative estimate of drug-likeness (QED) is 0.647. The van der Waals surface area contributed by atoms with Gasteiger partial charge in [0.25, 0.3) is 0 Å². The summed E-state index contributed by atoms with van der Waals surface area (Å²) in [6.07, 6.45) is 10.1. The van der Waals surface area contributed by atoms with E-state index in [0.29, 0.717) is 0 Å². The van der Waals surface area contributed by atoms with Gasteiger partial charge in [0.05, 0.1) is 0 Å². The molecule has 0 unspecified atom stereocenters. The molecule has 1 aliphatic rings. The van der Waals surface area contributed by atoms with E-state index >= 15 is 0 Å². The molecule has 0 bridgehead atoms. The Kier molecular flexibility index (Phi) is 3.32. The first-order valence-corrected chi connectivity index (χ1v) is 4.33. The maximum absolute atomic E-state index is 3.96. The highest BCUT2D eigenvalue weighted by Crippen LogP contribution is 2.12. The molecule has 1 rings (SSSR count). The van der Waals surface area contributed by atoms with E-state index in [2.05, 4.69) is 30.6 Å². The molecule has 0 amide bonds. The van der Waals surface area contributed by atoms with Crippen molar-refractivity contribution >= 4 is 0 Å². The minimum absolute atomic E-state index is 0.904. The second-order valence-electron chi connectivity index (χ2n) is 3.12. The van der Waals surface area contributed by atoms with Gasteiger partial charge in [-0.25, -0.2) is 0 Å². The van der Waals surface area contributed by atoms with Crippen LogP contribution < -0.4 is 5.32 Å². The molecular weight excluding hydrogens is 158 g/mol. The lowest BCUT2D eigenvalue weighted by Gasteiger charge is -2.07. The van der Waals surface area contributed by atoms with E-state index in [0.717, 1.165) is 23.3 Å². The second kappa shape index (κ2) is 4.51. The monoisotopic (exact) mass is 173 g/mol. The summed E-state index contributed by atoms with van der Waals surface area (Å²) in [5.74, 6) is 0. The average Bonchev–Trinajstić information content (AvgIpc) is 2.15. The number of hydrogen-bond acceptors (Lipinski definition) is 1. The fraction of sp³-hybridized carbons (Fsp3) is 0.167. The van der Waals surface area contributed by atoms with Gasteiger partial charge < -0.3 is 5.32 Å². The molecule has 1 nitrogen and oxygen atoms in total. The van der Waals surface area contributed by atoms with E-state index in [4.69, 9.17) is 0 Å². The molecule has 1 N–H and O–H groups in total. The van der Waals surface area contributed by atoms with Crippen LogP contribution >= 0.6 is 0 Å². The smallest absolute Gasteiger partial charge is 0.0328 e. The number of allylic oxidation sites excluding steroid dienone is 6. The molecule has 0 fully saturated rings. The first kappa shape index (κ1) is 9.59. The molecule has 68 valence electrons. The third-order valence-electron chi connectivity index (χ3n) is 1.73. The van der Waals surface area contributed by atoms with Gasteiger partial charge in [0.1, 0.15) is 0 Å². The van der Waals surface area contributed by atoms with Crippen LogP contribution in [0.4, 0.5) is 0 Å². The van der Waals surface area contributed by atoms with E-state index in [1.165, 1.54) is 0 Å². The first-order valence-electron chi connectivity index (χ1n) is 4.33. The molecule has 0 aliphatic carbocycles. The van der Waals surface area contributed by atoms with Gasteiger partial charge in [0, 0.05) is 12.7 Å². The van der Waals surface area contributed by atoms with Crippen molar-refractivity contribution in [3.8, 4) is 0 Å². The van der Waals surface area contributed by atoms with Gasteiger partial charge in [0.2, 0.25) is 0 Å². The Morgan fingerprint density at radius 2 is 2.23 bits per heavy atom. The fourth-order valence-electron chi connectivity index (χ4n) is 1.01. The van der Waals surface area contributed by atoms with Gasteiger partial charge in [-0.2, -0.15) is 0 Å². The van der Waals surface area contributed by atoms with Crippen molar-refractivity contribution in [1.29, 1.82) is 0 Å². The highest BCUT2D eigenvalue weighted by atomic mass is 14.8. The summed E-state index contributed by atoms with van der Waals surface area (Å²) in [5.41, 5.74) is 3.17.